The third-order valence-corrected chi connectivity index (χ3v) is 5.20. The monoisotopic (exact) mass is 374 g/mol. The normalized spacial score (nSPS) is 13.6. The Morgan fingerprint density at radius 1 is 0.760 bits per heavy atom. The number of carbonyl (C=O) groups excluding carboxylic acids is 1. The van der Waals surface area contributed by atoms with Gasteiger partial charge in [-0.25, -0.2) is 4.79 Å². The van der Waals surface area contributed by atoms with Gasteiger partial charge in [-0.2, -0.15) is 0 Å². The molecule has 0 aromatic rings. The molecule has 3 atom stereocenters. The second-order valence-corrected chi connectivity index (χ2v) is 7.59. The van der Waals surface area contributed by atoms with Crippen molar-refractivity contribution in [1.82, 2.24) is 0 Å². The van der Waals surface area contributed by atoms with E-state index >= 15 is 0 Å². The lowest BCUT2D eigenvalue weighted by atomic mass is 9.96. The smallest absolute Gasteiger partial charge is 0.335 e. The summed E-state index contributed by atoms with van der Waals surface area (Å²) < 4.78 is 10.8. The quantitative estimate of drug-likeness (QED) is 0.150. The Bertz CT molecular complexity index is 297. The molecule has 3 nitrogen and oxygen atoms in total. The summed E-state index contributed by atoms with van der Waals surface area (Å²) in [6.45, 7) is 7.20. The zero-order valence-corrected chi connectivity index (χ0v) is 18.2. The van der Waals surface area contributed by atoms with Gasteiger partial charge in [0.25, 0.3) is 0 Å². The van der Waals surface area contributed by atoms with E-state index in [2.05, 4.69) is 30.2 Å². The second kappa shape index (κ2) is 18.6. The summed E-state index contributed by atoms with van der Waals surface area (Å²) in [6.07, 6.45) is 16.3. The molecule has 0 N–H and O–H groups in total. The first-order valence-corrected chi connectivity index (χ1v) is 11.2. The highest BCUT2D eigenvalue weighted by molar-refractivity contribution is 7.09. The van der Waals surface area contributed by atoms with E-state index in [-0.39, 0.29) is 5.97 Å². The van der Waals surface area contributed by atoms with Crippen LogP contribution in [0.5, 0.6) is 0 Å². The van der Waals surface area contributed by atoms with Crippen molar-refractivity contribution in [2.24, 2.45) is 5.92 Å². The fraction of sp³-hybridized carbons (Fsp3) is 0.952. The van der Waals surface area contributed by atoms with Gasteiger partial charge < -0.3 is 9.26 Å². The van der Waals surface area contributed by atoms with E-state index in [1.807, 2.05) is 0 Å². The summed E-state index contributed by atoms with van der Waals surface area (Å²) >= 11 is 0. The van der Waals surface area contributed by atoms with Crippen LogP contribution < -0.4 is 0 Å². The maximum Gasteiger partial charge on any atom is 0.335 e. The first-order chi connectivity index (χ1) is 12.2. The van der Waals surface area contributed by atoms with Crippen LogP contribution in [0.1, 0.15) is 111 Å². The summed E-state index contributed by atoms with van der Waals surface area (Å²) in [5, 5.41) is 0. The van der Waals surface area contributed by atoms with Gasteiger partial charge in [-0.1, -0.05) is 91.4 Å². The lowest BCUT2D eigenvalue weighted by Gasteiger charge is -2.19. The van der Waals surface area contributed by atoms with E-state index in [4.69, 9.17) is 9.26 Å². The van der Waals surface area contributed by atoms with Gasteiger partial charge in [0.05, 0.1) is 6.61 Å². The molecule has 0 amide bonds. The third-order valence-electron chi connectivity index (χ3n) is 4.87. The summed E-state index contributed by atoms with van der Waals surface area (Å²) in [6, 6.07) is 0. The fourth-order valence-electron chi connectivity index (χ4n) is 3.22. The Morgan fingerprint density at radius 2 is 1.32 bits per heavy atom. The standard InChI is InChI=1S/C21H43O3P/c1-4-7-9-11-12-13-16-19(15-6-3)18-23-21(22)20(24-25)17-14-10-8-5-2/h19-20H,4-18,25H2,1-3H3. The van der Waals surface area contributed by atoms with Gasteiger partial charge in [0.1, 0.15) is 0 Å². The average molecular weight is 375 g/mol. The third kappa shape index (κ3) is 14.7. The van der Waals surface area contributed by atoms with E-state index in [9.17, 15) is 4.79 Å². The first-order valence-electron chi connectivity index (χ1n) is 10.7. The van der Waals surface area contributed by atoms with Crippen LogP contribution in [0.15, 0.2) is 0 Å². The SMILES string of the molecule is CCCCCCCCC(CCC)COC(=O)C(CCCCCC)OP. The zero-order chi connectivity index (χ0) is 18.8. The number of unbranched alkanes of at least 4 members (excludes halogenated alkanes) is 8. The van der Waals surface area contributed by atoms with Crippen LogP contribution in [0.3, 0.4) is 0 Å². The van der Waals surface area contributed by atoms with Gasteiger partial charge in [-0.05, 0) is 25.2 Å². The van der Waals surface area contributed by atoms with Crippen molar-refractivity contribution in [1.29, 1.82) is 0 Å². The molecule has 0 aliphatic carbocycles. The molecule has 0 aromatic carbocycles. The Hall–Kier alpha value is -0.140. The van der Waals surface area contributed by atoms with Gasteiger partial charge in [0.15, 0.2) is 6.10 Å². The zero-order valence-electron chi connectivity index (χ0n) is 17.1. The maximum atomic E-state index is 12.2. The fourth-order valence-corrected chi connectivity index (χ4v) is 3.47. The van der Waals surface area contributed by atoms with Crippen LogP contribution in [0, 0.1) is 5.92 Å². The Balaban J connectivity index is 4.01. The minimum Gasteiger partial charge on any atom is -0.463 e. The Morgan fingerprint density at radius 3 is 1.92 bits per heavy atom. The number of hydrogen-bond donors (Lipinski definition) is 0. The molecule has 0 rings (SSSR count). The molecule has 25 heavy (non-hydrogen) atoms. The van der Waals surface area contributed by atoms with Gasteiger partial charge in [0.2, 0.25) is 0 Å². The second-order valence-electron chi connectivity index (χ2n) is 7.32. The van der Waals surface area contributed by atoms with Crippen molar-refractivity contribution in [2.75, 3.05) is 6.61 Å². The maximum absolute atomic E-state index is 12.2. The molecule has 0 aromatic heterocycles. The highest BCUT2D eigenvalue weighted by atomic mass is 31.0. The van der Waals surface area contributed by atoms with Crippen LogP contribution in [0.4, 0.5) is 0 Å². The molecule has 150 valence electrons. The molecule has 0 saturated heterocycles. The van der Waals surface area contributed by atoms with Crippen LogP contribution in [0.25, 0.3) is 0 Å². The highest BCUT2D eigenvalue weighted by Gasteiger charge is 2.20. The number of hydrogen-bond acceptors (Lipinski definition) is 3. The van der Waals surface area contributed by atoms with Crippen molar-refractivity contribution in [3.63, 3.8) is 0 Å². The van der Waals surface area contributed by atoms with Crippen molar-refractivity contribution < 1.29 is 14.1 Å². The molecule has 0 bridgehead atoms. The van der Waals surface area contributed by atoms with Crippen molar-refractivity contribution in [3.05, 3.63) is 0 Å². The average Bonchev–Trinajstić information content (AvgIpc) is 2.62. The van der Waals surface area contributed by atoms with Crippen LogP contribution in [0.2, 0.25) is 0 Å². The summed E-state index contributed by atoms with van der Waals surface area (Å²) in [4.78, 5) is 12.2. The number of rotatable bonds is 18. The lowest BCUT2D eigenvalue weighted by Crippen LogP contribution is -2.26. The Kier molecular flexibility index (Phi) is 18.5. The molecule has 0 fully saturated rings. The van der Waals surface area contributed by atoms with Crippen molar-refractivity contribution in [3.8, 4) is 0 Å². The van der Waals surface area contributed by atoms with Gasteiger partial charge in [-0.3, -0.25) is 0 Å². The predicted molar refractivity (Wildman–Crippen MR) is 111 cm³/mol. The molecule has 0 radical (unpaired) electrons. The van der Waals surface area contributed by atoms with Gasteiger partial charge >= 0.3 is 5.97 Å². The molecule has 0 aliphatic heterocycles. The number of ether oxygens (including phenoxy) is 1. The van der Waals surface area contributed by atoms with E-state index in [0.717, 1.165) is 32.1 Å². The minimum atomic E-state index is -0.418. The topological polar surface area (TPSA) is 35.5 Å². The van der Waals surface area contributed by atoms with E-state index in [1.165, 1.54) is 57.8 Å². The summed E-state index contributed by atoms with van der Waals surface area (Å²) in [5.74, 6) is 0.320. The molecular weight excluding hydrogens is 331 g/mol. The minimum absolute atomic E-state index is 0.185. The lowest BCUT2D eigenvalue weighted by molar-refractivity contribution is -0.153. The van der Waals surface area contributed by atoms with Crippen molar-refractivity contribution in [2.45, 2.75) is 117 Å². The molecule has 0 aliphatic rings. The largest absolute Gasteiger partial charge is 0.463 e. The van der Waals surface area contributed by atoms with Crippen LogP contribution >= 0.6 is 9.47 Å². The molecule has 0 saturated carbocycles. The molecular formula is C21H43O3P. The van der Waals surface area contributed by atoms with Crippen LogP contribution in [-0.4, -0.2) is 18.7 Å². The van der Waals surface area contributed by atoms with Crippen molar-refractivity contribution >= 4 is 15.4 Å². The predicted octanol–water partition coefficient (Wildman–Crippen LogP) is 6.84. The van der Waals surface area contributed by atoms with Gasteiger partial charge in [-0.15, -0.1) is 0 Å². The summed E-state index contributed by atoms with van der Waals surface area (Å²) in [5.41, 5.74) is 0. The summed E-state index contributed by atoms with van der Waals surface area (Å²) in [7, 11) is 2.23. The number of esters is 1. The Labute approximate surface area is 159 Å². The molecule has 0 spiro atoms. The molecule has 3 unspecified atom stereocenters. The van der Waals surface area contributed by atoms with Crippen LogP contribution in [-0.2, 0) is 14.1 Å². The van der Waals surface area contributed by atoms with E-state index < -0.39 is 6.10 Å². The highest BCUT2D eigenvalue weighted by Crippen LogP contribution is 2.19. The van der Waals surface area contributed by atoms with E-state index in [0.29, 0.717) is 12.5 Å². The van der Waals surface area contributed by atoms with E-state index in [1.54, 1.807) is 0 Å². The molecule has 0 heterocycles. The van der Waals surface area contributed by atoms with Gasteiger partial charge in [0, 0.05) is 9.47 Å². The first kappa shape index (κ1) is 24.9. The molecule has 4 heteroatoms. The number of carbonyl (C=O) groups is 1.